The highest BCUT2D eigenvalue weighted by atomic mass is 32.2. The maximum atomic E-state index is 12.7. The smallest absolute Gasteiger partial charge is 0.573 e. The van der Waals surface area contributed by atoms with E-state index in [4.69, 9.17) is 15.7 Å². The number of ether oxygens (including phenoxy) is 1. The van der Waals surface area contributed by atoms with Gasteiger partial charge in [-0.05, 0) is 48.4 Å². The van der Waals surface area contributed by atoms with Crippen molar-refractivity contribution < 1.29 is 45.5 Å². The van der Waals surface area contributed by atoms with Gasteiger partial charge in [-0.15, -0.1) is 19.7 Å². The normalized spacial score (nSPS) is 17.4. The van der Waals surface area contributed by atoms with Crippen LogP contribution in [0.4, 0.5) is 17.6 Å². The zero-order valence-corrected chi connectivity index (χ0v) is 20.2. The first-order valence-electron chi connectivity index (χ1n) is 11.1. The van der Waals surface area contributed by atoms with Crippen LogP contribution in [0.2, 0.25) is 0 Å². The summed E-state index contributed by atoms with van der Waals surface area (Å²) in [6, 6.07) is 10.2. The molecule has 2 aromatic rings. The number of piperidine rings is 1. The van der Waals surface area contributed by atoms with E-state index in [1.165, 1.54) is 16.4 Å². The van der Waals surface area contributed by atoms with E-state index in [0.29, 0.717) is 13.0 Å². The van der Waals surface area contributed by atoms with Gasteiger partial charge < -0.3 is 20.4 Å². The lowest BCUT2D eigenvalue weighted by Crippen LogP contribution is -2.47. The molecule has 14 heteroatoms. The van der Waals surface area contributed by atoms with Crippen molar-refractivity contribution in [3.05, 3.63) is 65.6 Å². The van der Waals surface area contributed by atoms with Gasteiger partial charge in [0.2, 0.25) is 10.0 Å². The summed E-state index contributed by atoms with van der Waals surface area (Å²) in [5, 5.41) is 12.5. The van der Waals surface area contributed by atoms with Gasteiger partial charge in [0.1, 0.15) is 17.2 Å². The molecule has 1 fully saturated rings. The molecule has 2 aliphatic heterocycles. The number of aliphatic carboxylic acids is 1. The van der Waals surface area contributed by atoms with Crippen LogP contribution in [0.1, 0.15) is 24.8 Å². The summed E-state index contributed by atoms with van der Waals surface area (Å²) in [5.41, 5.74) is 6.99. The summed E-state index contributed by atoms with van der Waals surface area (Å²) in [5.74, 6) is -1.91. The van der Waals surface area contributed by atoms with Gasteiger partial charge in [0.15, 0.2) is 5.71 Å². The van der Waals surface area contributed by atoms with Gasteiger partial charge >= 0.3 is 12.3 Å². The highest BCUT2D eigenvalue weighted by Crippen LogP contribution is 2.36. The number of carboxylic acids is 1. The minimum absolute atomic E-state index is 0.0750. The van der Waals surface area contributed by atoms with Crippen molar-refractivity contribution >= 4 is 21.7 Å². The van der Waals surface area contributed by atoms with E-state index < -0.39 is 33.7 Å². The third kappa shape index (κ3) is 7.63. The number of oxime groups is 1. The minimum atomic E-state index is -4.86. The lowest BCUT2D eigenvalue weighted by molar-refractivity contribution is -0.274. The lowest BCUT2D eigenvalue weighted by Gasteiger charge is -2.36. The number of nitrogens with zero attached hydrogens (tertiary/aromatic N) is 2. The van der Waals surface area contributed by atoms with Crippen LogP contribution >= 0.6 is 0 Å². The largest absolute Gasteiger partial charge is 0.677 e. The zero-order chi connectivity index (χ0) is 27.3. The molecule has 0 aliphatic carbocycles. The van der Waals surface area contributed by atoms with Crippen LogP contribution < -0.4 is 4.74 Å². The van der Waals surface area contributed by atoms with Crippen LogP contribution in [0.25, 0.3) is 5.73 Å². The molecule has 37 heavy (non-hydrogen) atoms. The molecule has 4 rings (SSSR count). The van der Waals surface area contributed by atoms with Gasteiger partial charge in [-0.25, -0.2) is 17.6 Å². The molecule has 0 atom stereocenters. The predicted octanol–water partition coefficient (Wildman–Crippen LogP) is 4.39. The summed E-state index contributed by atoms with van der Waals surface area (Å²) in [6.45, 7) is 0.517. The SMILES string of the molecule is O=C(O)C1=NOC2(CCN(S(=O)(=O)c3ccc(OC(F)(F)F)cc3)CC2)C1.[NH-]CCc1ccc(F)cc1. The molecule has 9 nitrogen and oxygen atoms in total. The Hall–Kier alpha value is -3.23. The number of rotatable bonds is 6. The molecule has 0 unspecified atom stereocenters. The standard InChI is InChI=1S/C15H15F3N2O6S.C8H9FN/c16-15(17,18)25-10-1-3-11(4-2-10)27(23,24)20-7-5-14(6-8-20)9-12(13(21)22)19-26-14;9-8-3-1-7(2-4-8)5-6-10/h1-4H,5-9H2,(H,21,22);1-4,10H,5-6H2/q;-1. The Labute approximate surface area is 210 Å². The van der Waals surface area contributed by atoms with Crippen molar-refractivity contribution in [1.82, 2.24) is 4.31 Å². The number of sulfonamides is 1. The van der Waals surface area contributed by atoms with Crippen LogP contribution in [-0.2, 0) is 26.1 Å². The molecule has 0 amide bonds. The van der Waals surface area contributed by atoms with Crippen molar-refractivity contribution in [3.63, 3.8) is 0 Å². The molecular weight excluding hydrogens is 522 g/mol. The Morgan fingerprint density at radius 2 is 1.70 bits per heavy atom. The quantitative estimate of drug-likeness (QED) is 0.535. The highest BCUT2D eigenvalue weighted by molar-refractivity contribution is 7.89. The maximum absolute atomic E-state index is 12.7. The second-order valence-corrected chi connectivity index (χ2v) is 10.3. The van der Waals surface area contributed by atoms with Gasteiger partial charge in [-0.1, -0.05) is 17.3 Å². The molecule has 2 aliphatic rings. The molecule has 0 saturated carbocycles. The predicted molar refractivity (Wildman–Crippen MR) is 124 cm³/mol. The Balaban J connectivity index is 0.000000319. The summed E-state index contributed by atoms with van der Waals surface area (Å²) in [7, 11) is -3.91. The number of hydrogen-bond donors (Lipinski definition) is 1. The molecule has 202 valence electrons. The molecule has 2 N–H and O–H groups in total. The molecular formula is C23H24F4N3O6S-. The van der Waals surface area contributed by atoms with Gasteiger partial charge in [-0.2, -0.15) is 4.31 Å². The number of alkyl halides is 3. The molecule has 2 aromatic carbocycles. The van der Waals surface area contributed by atoms with Crippen LogP contribution in [0.5, 0.6) is 5.75 Å². The Kier molecular flexibility index (Phi) is 8.76. The Morgan fingerprint density at radius 3 is 2.19 bits per heavy atom. The maximum Gasteiger partial charge on any atom is 0.573 e. The number of hydrogen-bond acceptors (Lipinski definition) is 6. The number of halogens is 4. The minimum Gasteiger partial charge on any atom is -0.677 e. The first kappa shape index (κ1) is 28.3. The lowest BCUT2D eigenvalue weighted by atomic mass is 9.88. The number of carbonyl (C=O) groups is 1. The third-order valence-electron chi connectivity index (χ3n) is 5.74. The van der Waals surface area contributed by atoms with E-state index in [1.807, 2.05) is 0 Å². The second kappa shape index (κ2) is 11.4. The number of benzene rings is 2. The van der Waals surface area contributed by atoms with Crippen molar-refractivity contribution in [3.8, 4) is 5.75 Å². The first-order chi connectivity index (χ1) is 17.3. The Bertz CT molecular complexity index is 1210. The summed E-state index contributed by atoms with van der Waals surface area (Å²) in [6.07, 6.45) is -3.55. The van der Waals surface area contributed by atoms with Gasteiger partial charge in [-0.3, -0.25) is 0 Å². The van der Waals surface area contributed by atoms with Crippen LogP contribution in [0, 0.1) is 5.82 Å². The monoisotopic (exact) mass is 546 g/mol. The molecule has 1 spiro atoms. The fourth-order valence-corrected chi connectivity index (χ4v) is 5.24. The first-order valence-corrected chi connectivity index (χ1v) is 12.5. The van der Waals surface area contributed by atoms with Crippen molar-refractivity contribution in [2.45, 2.75) is 42.5 Å². The van der Waals surface area contributed by atoms with E-state index in [9.17, 15) is 30.8 Å². The molecule has 1 saturated heterocycles. The fourth-order valence-electron chi connectivity index (χ4n) is 3.80. The van der Waals surface area contributed by atoms with E-state index in [-0.39, 0.29) is 48.8 Å². The van der Waals surface area contributed by atoms with E-state index >= 15 is 0 Å². The summed E-state index contributed by atoms with van der Waals surface area (Å²) >= 11 is 0. The summed E-state index contributed by atoms with van der Waals surface area (Å²) in [4.78, 5) is 16.0. The average molecular weight is 547 g/mol. The summed E-state index contributed by atoms with van der Waals surface area (Å²) < 4.78 is 79.0. The van der Waals surface area contributed by atoms with Crippen LogP contribution in [0.3, 0.4) is 0 Å². The van der Waals surface area contributed by atoms with Crippen LogP contribution in [-0.4, -0.2) is 61.1 Å². The molecule has 0 aromatic heterocycles. The second-order valence-electron chi connectivity index (χ2n) is 8.34. The number of nitrogens with one attached hydrogen (secondary N) is 1. The van der Waals surface area contributed by atoms with Gasteiger partial charge in [0, 0.05) is 32.4 Å². The molecule has 0 bridgehead atoms. The molecule has 2 heterocycles. The fraction of sp³-hybridized carbons (Fsp3) is 0.391. The van der Waals surface area contributed by atoms with Crippen molar-refractivity contribution in [2.75, 3.05) is 19.6 Å². The van der Waals surface area contributed by atoms with E-state index in [2.05, 4.69) is 9.89 Å². The highest BCUT2D eigenvalue weighted by Gasteiger charge is 2.45. The zero-order valence-electron chi connectivity index (χ0n) is 19.4. The average Bonchev–Trinajstić information content (AvgIpc) is 3.25. The van der Waals surface area contributed by atoms with E-state index in [1.54, 1.807) is 12.1 Å². The number of carboxylic acid groups (broad SMARTS) is 1. The van der Waals surface area contributed by atoms with Gasteiger partial charge in [0.05, 0.1) is 4.90 Å². The third-order valence-corrected chi connectivity index (χ3v) is 7.65. The Morgan fingerprint density at radius 1 is 1.11 bits per heavy atom. The van der Waals surface area contributed by atoms with Crippen molar-refractivity contribution in [1.29, 1.82) is 0 Å². The van der Waals surface area contributed by atoms with E-state index in [0.717, 1.165) is 29.8 Å². The van der Waals surface area contributed by atoms with Crippen LogP contribution in [0.15, 0.2) is 58.6 Å². The van der Waals surface area contributed by atoms with Crippen molar-refractivity contribution in [2.24, 2.45) is 5.16 Å². The van der Waals surface area contributed by atoms with Gasteiger partial charge in [0.25, 0.3) is 0 Å². The topological polar surface area (TPSA) is 129 Å². The molecule has 0 radical (unpaired) electrons.